The minimum Gasteiger partial charge on any atom is -0.383 e. The number of anilines is 1. The van der Waals surface area contributed by atoms with Gasteiger partial charge in [-0.05, 0) is 17.7 Å². The van der Waals surface area contributed by atoms with Gasteiger partial charge in [0.15, 0.2) is 0 Å². The summed E-state index contributed by atoms with van der Waals surface area (Å²) in [6.07, 6.45) is 4.76. The molecule has 0 unspecified atom stereocenters. The molecule has 2 aromatic heterocycles. The summed E-state index contributed by atoms with van der Waals surface area (Å²) in [6, 6.07) is 13.2. The van der Waals surface area contributed by atoms with Crippen LogP contribution in [0, 0.1) is 0 Å². The van der Waals surface area contributed by atoms with E-state index in [0.29, 0.717) is 17.9 Å². The van der Waals surface area contributed by atoms with Gasteiger partial charge < -0.3 is 11.1 Å². The maximum Gasteiger partial charge on any atom is 0.256 e. The SMILES string of the molecule is Nc1c(C(=O)NCc2ccccc2)cnn1-c1ccncc1. The number of amides is 1. The van der Waals surface area contributed by atoms with Crippen LogP contribution in [0.5, 0.6) is 0 Å². The van der Waals surface area contributed by atoms with Crippen molar-refractivity contribution in [3.63, 3.8) is 0 Å². The number of aromatic nitrogens is 3. The van der Waals surface area contributed by atoms with E-state index >= 15 is 0 Å². The van der Waals surface area contributed by atoms with Crippen LogP contribution in [0.1, 0.15) is 15.9 Å². The quantitative estimate of drug-likeness (QED) is 0.767. The van der Waals surface area contributed by atoms with Gasteiger partial charge in [0.1, 0.15) is 11.4 Å². The van der Waals surface area contributed by atoms with E-state index in [2.05, 4.69) is 15.4 Å². The van der Waals surface area contributed by atoms with Gasteiger partial charge in [0.05, 0.1) is 11.9 Å². The third-order valence-electron chi connectivity index (χ3n) is 3.25. The molecule has 1 amide bonds. The Morgan fingerprint density at radius 1 is 1.14 bits per heavy atom. The van der Waals surface area contributed by atoms with E-state index in [4.69, 9.17) is 5.73 Å². The Bertz CT molecular complexity index is 768. The molecule has 2 heterocycles. The summed E-state index contributed by atoms with van der Waals surface area (Å²) in [7, 11) is 0. The van der Waals surface area contributed by atoms with Crippen molar-refractivity contribution in [3.05, 3.63) is 72.2 Å². The fourth-order valence-corrected chi connectivity index (χ4v) is 2.10. The Morgan fingerprint density at radius 2 is 1.86 bits per heavy atom. The monoisotopic (exact) mass is 293 g/mol. The molecule has 6 nitrogen and oxygen atoms in total. The molecule has 110 valence electrons. The van der Waals surface area contributed by atoms with Crippen LogP contribution in [0.25, 0.3) is 5.69 Å². The first-order valence-electron chi connectivity index (χ1n) is 6.82. The molecular formula is C16H15N5O. The number of nitrogens with one attached hydrogen (secondary N) is 1. The molecule has 1 aromatic carbocycles. The molecule has 3 aromatic rings. The van der Waals surface area contributed by atoms with Gasteiger partial charge in [-0.2, -0.15) is 5.10 Å². The molecule has 0 bridgehead atoms. The standard InChI is InChI=1S/C16H15N5O/c17-15-14(11-20-21(15)13-6-8-18-9-7-13)16(22)19-10-12-4-2-1-3-5-12/h1-9,11H,10,17H2,(H,19,22). The third kappa shape index (κ3) is 2.80. The van der Waals surface area contributed by atoms with Crippen molar-refractivity contribution in [3.8, 4) is 5.69 Å². The summed E-state index contributed by atoms with van der Waals surface area (Å²) in [4.78, 5) is 16.2. The van der Waals surface area contributed by atoms with Gasteiger partial charge in [0.2, 0.25) is 0 Å². The van der Waals surface area contributed by atoms with E-state index in [-0.39, 0.29) is 5.91 Å². The van der Waals surface area contributed by atoms with Gasteiger partial charge in [-0.3, -0.25) is 9.78 Å². The topological polar surface area (TPSA) is 85.8 Å². The van der Waals surface area contributed by atoms with Crippen molar-refractivity contribution in [1.29, 1.82) is 0 Å². The zero-order valence-corrected chi connectivity index (χ0v) is 11.8. The lowest BCUT2D eigenvalue weighted by Crippen LogP contribution is -2.23. The highest BCUT2D eigenvalue weighted by Crippen LogP contribution is 2.16. The first kappa shape index (κ1) is 13.8. The third-order valence-corrected chi connectivity index (χ3v) is 3.25. The van der Waals surface area contributed by atoms with Crippen molar-refractivity contribution in [2.75, 3.05) is 5.73 Å². The van der Waals surface area contributed by atoms with Gasteiger partial charge in [0.25, 0.3) is 5.91 Å². The number of hydrogen-bond acceptors (Lipinski definition) is 4. The molecule has 0 radical (unpaired) electrons. The van der Waals surface area contributed by atoms with Crippen LogP contribution in [0.3, 0.4) is 0 Å². The number of nitrogen functional groups attached to an aromatic ring is 1. The minimum absolute atomic E-state index is 0.248. The lowest BCUT2D eigenvalue weighted by atomic mass is 10.2. The van der Waals surface area contributed by atoms with Gasteiger partial charge in [-0.1, -0.05) is 30.3 Å². The molecule has 0 spiro atoms. The summed E-state index contributed by atoms with van der Waals surface area (Å²) in [6.45, 7) is 0.444. The van der Waals surface area contributed by atoms with E-state index in [0.717, 1.165) is 11.3 Å². The normalized spacial score (nSPS) is 10.4. The van der Waals surface area contributed by atoms with Crippen LogP contribution in [-0.2, 0) is 6.54 Å². The average Bonchev–Trinajstić information content (AvgIpc) is 2.96. The maximum absolute atomic E-state index is 12.2. The number of nitrogens with two attached hydrogens (primary N) is 1. The zero-order valence-electron chi connectivity index (χ0n) is 11.8. The highest BCUT2D eigenvalue weighted by Gasteiger charge is 2.15. The molecule has 3 N–H and O–H groups in total. The molecule has 3 rings (SSSR count). The summed E-state index contributed by atoms with van der Waals surface area (Å²) < 4.78 is 1.51. The largest absolute Gasteiger partial charge is 0.383 e. The van der Waals surface area contributed by atoms with Gasteiger partial charge in [-0.25, -0.2) is 4.68 Å². The number of carbonyl (C=O) groups is 1. The van der Waals surface area contributed by atoms with Crippen molar-refractivity contribution >= 4 is 11.7 Å². The predicted octanol–water partition coefficient (Wildman–Crippen LogP) is 1.78. The number of carbonyl (C=O) groups excluding carboxylic acids is 1. The van der Waals surface area contributed by atoms with E-state index < -0.39 is 0 Å². The van der Waals surface area contributed by atoms with Crippen LogP contribution in [-0.4, -0.2) is 20.7 Å². The zero-order chi connectivity index (χ0) is 15.4. The van der Waals surface area contributed by atoms with E-state index in [1.807, 2.05) is 30.3 Å². The number of benzene rings is 1. The van der Waals surface area contributed by atoms with Gasteiger partial charge in [0, 0.05) is 18.9 Å². The molecule has 0 aliphatic heterocycles. The lowest BCUT2D eigenvalue weighted by Gasteiger charge is -2.06. The number of rotatable bonds is 4. The first-order valence-corrected chi connectivity index (χ1v) is 6.82. The van der Waals surface area contributed by atoms with Crippen molar-refractivity contribution in [2.24, 2.45) is 0 Å². The molecular weight excluding hydrogens is 278 g/mol. The van der Waals surface area contributed by atoms with Crippen LogP contribution < -0.4 is 11.1 Å². The van der Waals surface area contributed by atoms with Gasteiger partial charge in [-0.15, -0.1) is 0 Å². The molecule has 0 saturated heterocycles. The van der Waals surface area contributed by atoms with E-state index in [1.54, 1.807) is 24.5 Å². The van der Waals surface area contributed by atoms with Crippen LogP contribution in [0.4, 0.5) is 5.82 Å². The smallest absolute Gasteiger partial charge is 0.256 e. The summed E-state index contributed by atoms with van der Waals surface area (Å²) in [5.41, 5.74) is 8.16. The molecule has 0 aliphatic rings. The molecule has 0 fully saturated rings. The van der Waals surface area contributed by atoms with Crippen molar-refractivity contribution < 1.29 is 4.79 Å². The van der Waals surface area contributed by atoms with E-state index in [9.17, 15) is 4.79 Å². The second-order valence-corrected chi connectivity index (χ2v) is 4.73. The number of pyridine rings is 1. The van der Waals surface area contributed by atoms with Crippen LogP contribution >= 0.6 is 0 Å². The Kier molecular flexibility index (Phi) is 3.82. The lowest BCUT2D eigenvalue weighted by molar-refractivity contribution is 0.0952. The second kappa shape index (κ2) is 6.09. The average molecular weight is 293 g/mol. The summed E-state index contributed by atoms with van der Waals surface area (Å²) in [5, 5.41) is 7.00. The Hall–Kier alpha value is -3.15. The highest BCUT2D eigenvalue weighted by atomic mass is 16.1. The molecule has 22 heavy (non-hydrogen) atoms. The molecule has 0 atom stereocenters. The molecule has 6 heteroatoms. The Balaban J connectivity index is 1.75. The fraction of sp³-hybridized carbons (Fsp3) is 0.0625. The van der Waals surface area contributed by atoms with Crippen molar-refractivity contribution in [2.45, 2.75) is 6.54 Å². The fourth-order valence-electron chi connectivity index (χ4n) is 2.10. The second-order valence-electron chi connectivity index (χ2n) is 4.73. The summed E-state index contributed by atoms with van der Waals surface area (Å²) in [5.74, 6) is 0.0541. The summed E-state index contributed by atoms with van der Waals surface area (Å²) >= 11 is 0. The van der Waals surface area contributed by atoms with Crippen LogP contribution in [0.15, 0.2) is 61.1 Å². The first-order chi connectivity index (χ1) is 10.8. The number of hydrogen-bond donors (Lipinski definition) is 2. The minimum atomic E-state index is -0.248. The molecule has 0 aliphatic carbocycles. The predicted molar refractivity (Wildman–Crippen MR) is 83.4 cm³/mol. The maximum atomic E-state index is 12.2. The van der Waals surface area contributed by atoms with Crippen LogP contribution in [0.2, 0.25) is 0 Å². The Morgan fingerprint density at radius 3 is 2.59 bits per heavy atom. The highest BCUT2D eigenvalue weighted by molar-refractivity contribution is 5.98. The van der Waals surface area contributed by atoms with E-state index in [1.165, 1.54) is 10.9 Å². The molecule has 0 saturated carbocycles. The van der Waals surface area contributed by atoms with Gasteiger partial charge >= 0.3 is 0 Å². The Labute approximate surface area is 127 Å². The van der Waals surface area contributed by atoms with Crippen molar-refractivity contribution in [1.82, 2.24) is 20.1 Å². The number of nitrogens with zero attached hydrogens (tertiary/aromatic N) is 3.